The van der Waals surface area contributed by atoms with Gasteiger partial charge in [-0.1, -0.05) is 6.07 Å². The highest BCUT2D eigenvalue weighted by atomic mass is 79.9. The zero-order chi connectivity index (χ0) is 11.9. The summed E-state index contributed by atoms with van der Waals surface area (Å²) in [4.78, 5) is 0. The quantitative estimate of drug-likeness (QED) is 0.905. The maximum atomic E-state index is 6.13. The van der Waals surface area contributed by atoms with Crippen LogP contribution in [0.15, 0.2) is 22.7 Å². The maximum absolute atomic E-state index is 6.13. The van der Waals surface area contributed by atoms with Gasteiger partial charge in [0.1, 0.15) is 5.75 Å². The Labute approximate surface area is 111 Å². The van der Waals surface area contributed by atoms with E-state index in [9.17, 15) is 0 Å². The van der Waals surface area contributed by atoms with Gasteiger partial charge in [-0.3, -0.25) is 0 Å². The van der Waals surface area contributed by atoms with E-state index in [1.54, 1.807) is 0 Å². The maximum Gasteiger partial charge on any atom is 0.133 e. The van der Waals surface area contributed by atoms with Crippen molar-refractivity contribution in [1.82, 2.24) is 0 Å². The minimum absolute atomic E-state index is 0.0792. The van der Waals surface area contributed by atoms with Crippen molar-refractivity contribution in [3.63, 3.8) is 0 Å². The fraction of sp³-hybridized carbons (Fsp3) is 0.571. The van der Waals surface area contributed by atoms with Gasteiger partial charge in [0, 0.05) is 5.54 Å². The Bertz CT molecular complexity index is 424. The number of ether oxygens (including phenoxy) is 1. The van der Waals surface area contributed by atoms with Gasteiger partial charge in [-0.25, -0.2) is 0 Å². The second-order valence-electron chi connectivity index (χ2n) is 5.56. The zero-order valence-corrected chi connectivity index (χ0v) is 11.5. The summed E-state index contributed by atoms with van der Waals surface area (Å²) < 4.78 is 6.84. The van der Waals surface area contributed by atoms with Crippen LogP contribution < -0.4 is 10.5 Å². The molecule has 0 aromatic heterocycles. The highest BCUT2D eigenvalue weighted by molar-refractivity contribution is 9.10. The molecule has 1 aromatic carbocycles. The molecule has 0 heterocycles. The molecule has 0 saturated heterocycles. The van der Waals surface area contributed by atoms with Crippen molar-refractivity contribution in [3.8, 4) is 5.75 Å². The smallest absolute Gasteiger partial charge is 0.133 e. The highest BCUT2D eigenvalue weighted by Crippen LogP contribution is 2.37. The second kappa shape index (κ2) is 4.29. The van der Waals surface area contributed by atoms with Crippen LogP contribution >= 0.6 is 15.9 Å². The number of nitrogens with two attached hydrogens (primary N) is 1. The Kier molecular flexibility index (Phi) is 2.91. The molecule has 3 rings (SSSR count). The van der Waals surface area contributed by atoms with E-state index in [2.05, 4.69) is 34.1 Å². The van der Waals surface area contributed by atoms with Gasteiger partial charge < -0.3 is 10.5 Å². The van der Waals surface area contributed by atoms with E-state index in [1.807, 2.05) is 0 Å². The summed E-state index contributed by atoms with van der Waals surface area (Å²) in [7, 11) is 0. The Hall–Kier alpha value is -0.540. The van der Waals surface area contributed by atoms with Gasteiger partial charge in [0.2, 0.25) is 0 Å². The average molecular weight is 296 g/mol. The third-order valence-electron chi connectivity index (χ3n) is 3.62. The molecule has 0 bridgehead atoms. The fourth-order valence-corrected chi connectivity index (χ4v) is 2.55. The summed E-state index contributed by atoms with van der Waals surface area (Å²) in [6.07, 6.45) is 5.94. The van der Waals surface area contributed by atoms with Crippen molar-refractivity contribution in [3.05, 3.63) is 28.2 Å². The lowest BCUT2D eigenvalue weighted by Gasteiger charge is -2.12. The summed E-state index contributed by atoms with van der Waals surface area (Å²) in [5.74, 6) is 1.75. The summed E-state index contributed by atoms with van der Waals surface area (Å²) in [5.41, 5.74) is 7.51. The van der Waals surface area contributed by atoms with Gasteiger partial charge in [0.15, 0.2) is 0 Å². The minimum Gasteiger partial charge on any atom is -0.492 e. The van der Waals surface area contributed by atoms with Crippen molar-refractivity contribution in [2.45, 2.75) is 37.6 Å². The first kappa shape index (κ1) is 11.5. The molecule has 0 atom stereocenters. The first-order chi connectivity index (χ1) is 8.15. The molecule has 2 aliphatic carbocycles. The van der Waals surface area contributed by atoms with Crippen LogP contribution in [0.2, 0.25) is 0 Å². The molecule has 1 aromatic rings. The Balaban J connectivity index is 1.64. The molecular formula is C14H18BrNO. The topological polar surface area (TPSA) is 35.2 Å². The van der Waals surface area contributed by atoms with E-state index in [1.165, 1.54) is 18.4 Å². The molecular weight excluding hydrogens is 278 g/mol. The molecule has 0 aliphatic heterocycles. The number of hydrogen-bond acceptors (Lipinski definition) is 2. The molecule has 3 heteroatoms. The zero-order valence-electron chi connectivity index (χ0n) is 9.92. The number of hydrogen-bond donors (Lipinski definition) is 1. The molecule has 2 saturated carbocycles. The second-order valence-corrected chi connectivity index (χ2v) is 6.41. The van der Waals surface area contributed by atoms with Crippen molar-refractivity contribution in [1.29, 1.82) is 0 Å². The molecule has 92 valence electrons. The van der Waals surface area contributed by atoms with Crippen LogP contribution in [-0.2, 0) is 6.42 Å². The molecule has 0 spiro atoms. The monoisotopic (exact) mass is 295 g/mol. The lowest BCUT2D eigenvalue weighted by Crippen LogP contribution is -2.24. The summed E-state index contributed by atoms with van der Waals surface area (Å²) in [5, 5.41) is 0. The van der Waals surface area contributed by atoms with Gasteiger partial charge in [-0.15, -0.1) is 0 Å². The largest absolute Gasteiger partial charge is 0.492 e. The average Bonchev–Trinajstić information content (AvgIpc) is 3.16. The van der Waals surface area contributed by atoms with Crippen molar-refractivity contribution < 1.29 is 4.74 Å². The number of rotatable bonds is 5. The summed E-state index contributed by atoms with van der Waals surface area (Å²) >= 11 is 3.58. The predicted octanol–water partition coefficient (Wildman–Crippen LogP) is 3.27. The first-order valence-corrected chi connectivity index (χ1v) is 7.14. The van der Waals surface area contributed by atoms with Crippen molar-refractivity contribution in [2.24, 2.45) is 11.7 Å². The van der Waals surface area contributed by atoms with Gasteiger partial charge in [-0.05, 0) is 71.6 Å². The van der Waals surface area contributed by atoms with Crippen molar-refractivity contribution >= 4 is 15.9 Å². The molecule has 0 radical (unpaired) electrons. The van der Waals surface area contributed by atoms with Crippen LogP contribution in [0.4, 0.5) is 0 Å². The number of halogens is 1. The van der Waals surface area contributed by atoms with Crippen LogP contribution in [0.3, 0.4) is 0 Å². The summed E-state index contributed by atoms with van der Waals surface area (Å²) in [6, 6.07) is 6.35. The van der Waals surface area contributed by atoms with Gasteiger partial charge >= 0.3 is 0 Å². The van der Waals surface area contributed by atoms with E-state index in [0.29, 0.717) is 0 Å². The Morgan fingerprint density at radius 1 is 1.35 bits per heavy atom. The van der Waals surface area contributed by atoms with Crippen LogP contribution in [-0.4, -0.2) is 12.1 Å². The normalized spacial score (nSPS) is 21.3. The van der Waals surface area contributed by atoms with E-state index in [0.717, 1.165) is 42.0 Å². The summed E-state index contributed by atoms with van der Waals surface area (Å²) in [6.45, 7) is 0.860. The van der Waals surface area contributed by atoms with Crippen LogP contribution in [0.1, 0.15) is 31.2 Å². The number of benzene rings is 1. The van der Waals surface area contributed by atoms with Crippen molar-refractivity contribution in [2.75, 3.05) is 6.61 Å². The molecule has 2 aliphatic rings. The van der Waals surface area contributed by atoms with E-state index in [-0.39, 0.29) is 5.54 Å². The molecule has 2 nitrogen and oxygen atoms in total. The van der Waals surface area contributed by atoms with Crippen LogP contribution in [0.5, 0.6) is 5.75 Å². The molecule has 0 unspecified atom stereocenters. The molecule has 2 fully saturated rings. The van der Waals surface area contributed by atoms with E-state index >= 15 is 0 Å². The van der Waals surface area contributed by atoms with Crippen LogP contribution in [0.25, 0.3) is 0 Å². The fourth-order valence-electron chi connectivity index (χ4n) is 2.01. The van der Waals surface area contributed by atoms with Gasteiger partial charge in [0.25, 0.3) is 0 Å². The molecule has 2 N–H and O–H groups in total. The lowest BCUT2D eigenvalue weighted by molar-refractivity contribution is 0.298. The third-order valence-corrected chi connectivity index (χ3v) is 4.24. The molecule has 17 heavy (non-hydrogen) atoms. The Morgan fingerprint density at radius 3 is 2.71 bits per heavy atom. The van der Waals surface area contributed by atoms with Gasteiger partial charge in [0.05, 0.1) is 11.1 Å². The van der Waals surface area contributed by atoms with E-state index in [4.69, 9.17) is 10.5 Å². The predicted molar refractivity (Wildman–Crippen MR) is 72.2 cm³/mol. The highest BCUT2D eigenvalue weighted by Gasteiger charge is 2.37. The van der Waals surface area contributed by atoms with E-state index < -0.39 is 0 Å². The SMILES string of the molecule is NC1(Cc2ccc(OCC3CC3)c(Br)c2)CC1. The minimum atomic E-state index is 0.0792. The Morgan fingerprint density at radius 2 is 2.12 bits per heavy atom. The van der Waals surface area contributed by atoms with Crippen LogP contribution in [0, 0.1) is 5.92 Å². The molecule has 0 amide bonds. The standard InChI is InChI=1S/C14H18BrNO/c15-12-7-11(8-14(16)5-6-14)3-4-13(12)17-9-10-1-2-10/h3-4,7,10H,1-2,5-6,8-9,16H2. The van der Waals surface area contributed by atoms with Gasteiger partial charge in [-0.2, -0.15) is 0 Å². The first-order valence-electron chi connectivity index (χ1n) is 6.35. The third kappa shape index (κ3) is 3.02. The lowest BCUT2D eigenvalue weighted by atomic mass is 10.1.